The highest BCUT2D eigenvalue weighted by Gasteiger charge is 2.19. The number of aliphatic hydroxyl groups excluding tert-OH is 1. The first-order chi connectivity index (χ1) is 7.70. The Morgan fingerprint density at radius 2 is 2.31 bits per heavy atom. The van der Waals surface area contributed by atoms with Gasteiger partial charge in [0.15, 0.2) is 5.75 Å². The van der Waals surface area contributed by atoms with Crippen molar-refractivity contribution in [2.45, 2.75) is 6.42 Å². The van der Waals surface area contributed by atoms with Crippen LogP contribution in [0.15, 0.2) is 18.2 Å². The van der Waals surface area contributed by atoms with E-state index in [9.17, 15) is 10.1 Å². The first-order valence-electron chi connectivity index (χ1n) is 4.86. The van der Waals surface area contributed by atoms with Crippen molar-refractivity contribution >= 4 is 11.4 Å². The van der Waals surface area contributed by atoms with Gasteiger partial charge in [0.05, 0.1) is 12.0 Å². The van der Waals surface area contributed by atoms with Crippen molar-refractivity contribution in [2.24, 2.45) is 0 Å². The number of rotatable bonds is 6. The van der Waals surface area contributed by atoms with Crippen LogP contribution in [0.5, 0.6) is 5.75 Å². The minimum Gasteiger partial charge on any atom is -0.490 e. The summed E-state index contributed by atoms with van der Waals surface area (Å²) >= 11 is 0. The van der Waals surface area contributed by atoms with Gasteiger partial charge in [-0.15, -0.1) is 0 Å². The van der Waals surface area contributed by atoms with E-state index < -0.39 is 4.92 Å². The number of para-hydroxylation sites is 1. The van der Waals surface area contributed by atoms with E-state index in [0.717, 1.165) is 0 Å². The van der Waals surface area contributed by atoms with E-state index in [1.165, 1.54) is 13.2 Å². The lowest BCUT2D eigenvalue weighted by Gasteiger charge is -2.08. The average Bonchev–Trinajstić information content (AvgIpc) is 2.28. The molecule has 0 spiro atoms. The number of nitro groups is 1. The van der Waals surface area contributed by atoms with Crippen LogP contribution in [-0.2, 0) is 0 Å². The number of hydrogen-bond donors (Lipinski definition) is 2. The fourth-order valence-electron chi connectivity index (χ4n) is 1.32. The molecule has 1 aromatic rings. The van der Waals surface area contributed by atoms with Gasteiger partial charge in [0, 0.05) is 13.2 Å². The van der Waals surface area contributed by atoms with E-state index in [0.29, 0.717) is 18.7 Å². The lowest BCUT2D eigenvalue weighted by atomic mass is 10.2. The highest BCUT2D eigenvalue weighted by atomic mass is 16.6. The summed E-state index contributed by atoms with van der Waals surface area (Å²) in [6, 6.07) is 4.82. The van der Waals surface area contributed by atoms with E-state index in [4.69, 9.17) is 9.84 Å². The molecule has 0 aliphatic heterocycles. The zero-order valence-corrected chi connectivity index (χ0v) is 8.97. The van der Waals surface area contributed by atoms with Crippen LogP contribution in [-0.4, -0.2) is 30.3 Å². The topological polar surface area (TPSA) is 84.6 Å². The third-order valence-electron chi connectivity index (χ3n) is 2.05. The highest BCUT2D eigenvalue weighted by molar-refractivity contribution is 5.68. The number of aliphatic hydroxyl groups is 1. The van der Waals surface area contributed by atoms with Gasteiger partial charge in [0.2, 0.25) is 0 Å². The average molecular weight is 226 g/mol. The molecule has 0 atom stereocenters. The van der Waals surface area contributed by atoms with Gasteiger partial charge >= 0.3 is 5.69 Å². The fourth-order valence-corrected chi connectivity index (χ4v) is 1.32. The van der Waals surface area contributed by atoms with E-state index in [2.05, 4.69) is 5.32 Å². The summed E-state index contributed by atoms with van der Waals surface area (Å²) in [5, 5.41) is 22.4. The van der Waals surface area contributed by atoms with Crippen LogP contribution < -0.4 is 10.1 Å². The van der Waals surface area contributed by atoms with Gasteiger partial charge in [-0.1, -0.05) is 6.07 Å². The molecule has 1 aromatic carbocycles. The summed E-state index contributed by atoms with van der Waals surface area (Å²) in [7, 11) is 1.39. The van der Waals surface area contributed by atoms with Crippen molar-refractivity contribution in [2.75, 3.05) is 25.6 Å². The second-order valence-corrected chi connectivity index (χ2v) is 3.12. The predicted molar refractivity (Wildman–Crippen MR) is 59.8 cm³/mol. The van der Waals surface area contributed by atoms with Crippen molar-refractivity contribution in [3.05, 3.63) is 28.3 Å². The Balaban J connectivity index is 2.93. The minimum atomic E-state index is -0.486. The molecule has 0 aromatic heterocycles. The molecule has 1 rings (SSSR count). The lowest BCUT2D eigenvalue weighted by molar-refractivity contribution is -0.384. The third-order valence-corrected chi connectivity index (χ3v) is 2.05. The smallest absolute Gasteiger partial charge is 0.333 e. The van der Waals surface area contributed by atoms with Crippen molar-refractivity contribution < 1.29 is 14.8 Å². The number of hydrogen-bond acceptors (Lipinski definition) is 5. The first-order valence-corrected chi connectivity index (χ1v) is 4.86. The van der Waals surface area contributed by atoms with Gasteiger partial charge < -0.3 is 15.2 Å². The Bertz CT molecular complexity index is 368. The van der Waals surface area contributed by atoms with Crippen LogP contribution in [0.1, 0.15) is 6.42 Å². The second kappa shape index (κ2) is 5.92. The molecule has 0 unspecified atom stereocenters. The summed E-state index contributed by atoms with van der Waals surface area (Å²) in [6.07, 6.45) is 0.536. The highest BCUT2D eigenvalue weighted by Crippen LogP contribution is 2.34. The monoisotopic (exact) mass is 226 g/mol. The molecule has 88 valence electrons. The van der Waals surface area contributed by atoms with Crippen LogP contribution in [0.3, 0.4) is 0 Å². The fraction of sp³-hybridized carbons (Fsp3) is 0.400. The number of anilines is 1. The predicted octanol–water partition coefficient (Wildman–Crippen LogP) is 1.40. The molecule has 0 aliphatic rings. The standard InChI is InChI=1S/C10H14N2O4/c1-16-9-5-2-4-8(10(9)12(14)15)11-6-3-7-13/h2,4-5,11,13H,3,6-7H2,1H3. The molecule has 0 bridgehead atoms. The maximum atomic E-state index is 10.9. The number of methoxy groups -OCH3 is 1. The van der Waals surface area contributed by atoms with E-state index >= 15 is 0 Å². The molecule has 0 amide bonds. The van der Waals surface area contributed by atoms with Gasteiger partial charge in [0.1, 0.15) is 5.69 Å². The molecule has 6 nitrogen and oxygen atoms in total. The lowest BCUT2D eigenvalue weighted by Crippen LogP contribution is -2.06. The van der Waals surface area contributed by atoms with Gasteiger partial charge in [-0.05, 0) is 18.6 Å². The Hall–Kier alpha value is -1.82. The van der Waals surface area contributed by atoms with Crippen LogP contribution in [0, 0.1) is 10.1 Å². The normalized spacial score (nSPS) is 9.88. The molecule has 6 heteroatoms. The molecular weight excluding hydrogens is 212 g/mol. The van der Waals surface area contributed by atoms with Gasteiger partial charge in [-0.25, -0.2) is 0 Å². The van der Waals surface area contributed by atoms with E-state index in [1.54, 1.807) is 12.1 Å². The number of nitro benzene ring substituents is 1. The number of ether oxygens (including phenoxy) is 1. The Kier molecular flexibility index (Phi) is 4.53. The largest absolute Gasteiger partial charge is 0.490 e. The van der Waals surface area contributed by atoms with Crippen molar-refractivity contribution in [1.82, 2.24) is 0 Å². The molecule has 2 N–H and O–H groups in total. The van der Waals surface area contributed by atoms with E-state index in [1.807, 2.05) is 0 Å². The zero-order valence-electron chi connectivity index (χ0n) is 8.97. The van der Waals surface area contributed by atoms with Gasteiger partial charge in [-0.2, -0.15) is 0 Å². The Morgan fingerprint density at radius 1 is 1.56 bits per heavy atom. The summed E-state index contributed by atoms with van der Waals surface area (Å²) in [5.74, 6) is 0.221. The summed E-state index contributed by atoms with van der Waals surface area (Å²) in [6.45, 7) is 0.523. The van der Waals surface area contributed by atoms with Crippen molar-refractivity contribution in [3.8, 4) is 5.75 Å². The summed E-state index contributed by atoms with van der Waals surface area (Å²) in [4.78, 5) is 10.4. The molecule has 0 saturated carbocycles. The molecule has 0 aliphatic carbocycles. The quantitative estimate of drug-likeness (QED) is 0.435. The minimum absolute atomic E-state index is 0.0464. The first kappa shape index (κ1) is 12.3. The molecule has 0 fully saturated rings. The summed E-state index contributed by atoms with van der Waals surface area (Å²) in [5.41, 5.74) is 0.320. The zero-order chi connectivity index (χ0) is 12.0. The van der Waals surface area contributed by atoms with E-state index in [-0.39, 0.29) is 18.0 Å². The Labute approximate surface area is 93.0 Å². The third kappa shape index (κ3) is 2.83. The summed E-state index contributed by atoms with van der Waals surface area (Å²) < 4.78 is 4.92. The van der Waals surface area contributed by atoms with Crippen molar-refractivity contribution in [1.29, 1.82) is 0 Å². The maximum Gasteiger partial charge on any atom is 0.333 e. The molecule has 0 saturated heterocycles. The van der Waals surface area contributed by atoms with Gasteiger partial charge in [-0.3, -0.25) is 10.1 Å². The molecule has 16 heavy (non-hydrogen) atoms. The maximum absolute atomic E-state index is 10.9. The van der Waals surface area contributed by atoms with Crippen LogP contribution in [0.2, 0.25) is 0 Å². The Morgan fingerprint density at radius 3 is 2.88 bits per heavy atom. The van der Waals surface area contributed by atoms with Gasteiger partial charge in [0.25, 0.3) is 0 Å². The van der Waals surface area contributed by atoms with Crippen LogP contribution in [0.25, 0.3) is 0 Å². The van der Waals surface area contributed by atoms with Crippen LogP contribution >= 0.6 is 0 Å². The SMILES string of the molecule is COc1cccc(NCCCO)c1[N+](=O)[O-]. The molecule has 0 heterocycles. The second-order valence-electron chi connectivity index (χ2n) is 3.12. The molecule has 0 radical (unpaired) electrons. The number of nitrogens with one attached hydrogen (secondary N) is 1. The number of benzene rings is 1. The number of nitrogens with zero attached hydrogens (tertiary/aromatic N) is 1. The molecular formula is C10H14N2O4. The van der Waals surface area contributed by atoms with Crippen molar-refractivity contribution in [3.63, 3.8) is 0 Å². The van der Waals surface area contributed by atoms with Crippen LogP contribution in [0.4, 0.5) is 11.4 Å².